The summed E-state index contributed by atoms with van der Waals surface area (Å²) in [5.41, 5.74) is 0.130. The maximum atomic E-state index is 13.7. The van der Waals surface area contributed by atoms with Gasteiger partial charge in [0.25, 0.3) is 5.91 Å². The zero-order valence-electron chi connectivity index (χ0n) is 10.2. The molecule has 0 aromatic heterocycles. The maximum absolute atomic E-state index is 13.7. The fourth-order valence-corrected chi connectivity index (χ4v) is 2.57. The van der Waals surface area contributed by atoms with Crippen molar-refractivity contribution in [3.8, 4) is 0 Å². The molecular weight excluding hydrogens is 299 g/mol. The van der Waals surface area contributed by atoms with Gasteiger partial charge in [-0.15, -0.1) is 0 Å². The van der Waals surface area contributed by atoms with Crippen LogP contribution in [0.25, 0.3) is 0 Å². The Balaban J connectivity index is 2.16. The van der Waals surface area contributed by atoms with E-state index in [1.165, 1.54) is 12.1 Å². The number of carbonyl (C=O) groups is 1. The third kappa shape index (κ3) is 2.90. The second-order valence-corrected chi connectivity index (χ2v) is 5.44. The van der Waals surface area contributed by atoms with Crippen LogP contribution in [0.4, 0.5) is 4.39 Å². The van der Waals surface area contributed by atoms with Crippen LogP contribution in [0.15, 0.2) is 22.7 Å². The Morgan fingerprint density at radius 3 is 2.78 bits per heavy atom. The Bertz CT molecular complexity index is 447. The SMILES string of the molecule is CN(C(=O)c1cc(Br)ccc1F)C1CCNCC1. The van der Waals surface area contributed by atoms with Gasteiger partial charge in [0.1, 0.15) is 5.82 Å². The fourth-order valence-electron chi connectivity index (χ4n) is 2.21. The van der Waals surface area contributed by atoms with Crippen molar-refractivity contribution in [1.29, 1.82) is 0 Å². The summed E-state index contributed by atoms with van der Waals surface area (Å²) in [5, 5.41) is 3.25. The summed E-state index contributed by atoms with van der Waals surface area (Å²) >= 11 is 3.26. The fraction of sp³-hybridized carbons (Fsp3) is 0.462. The van der Waals surface area contributed by atoms with Crippen molar-refractivity contribution in [2.75, 3.05) is 20.1 Å². The van der Waals surface area contributed by atoms with Crippen LogP contribution in [0.5, 0.6) is 0 Å². The minimum absolute atomic E-state index is 0.130. The predicted molar refractivity (Wildman–Crippen MR) is 72.1 cm³/mol. The van der Waals surface area contributed by atoms with Crippen LogP contribution >= 0.6 is 15.9 Å². The first kappa shape index (κ1) is 13.5. The highest BCUT2D eigenvalue weighted by Gasteiger charge is 2.24. The summed E-state index contributed by atoms with van der Waals surface area (Å²) in [4.78, 5) is 13.9. The Morgan fingerprint density at radius 1 is 1.44 bits per heavy atom. The number of halogens is 2. The normalized spacial score (nSPS) is 16.6. The third-order valence-corrected chi connectivity index (χ3v) is 3.83. The maximum Gasteiger partial charge on any atom is 0.256 e. The molecule has 1 aromatic carbocycles. The number of hydrogen-bond donors (Lipinski definition) is 1. The van der Waals surface area contributed by atoms with Crippen LogP contribution in [0, 0.1) is 5.82 Å². The lowest BCUT2D eigenvalue weighted by Crippen LogP contribution is -2.44. The number of hydrogen-bond acceptors (Lipinski definition) is 2. The van der Waals surface area contributed by atoms with Crippen molar-refractivity contribution < 1.29 is 9.18 Å². The highest BCUT2D eigenvalue weighted by atomic mass is 79.9. The van der Waals surface area contributed by atoms with Gasteiger partial charge in [-0.05, 0) is 44.1 Å². The zero-order valence-corrected chi connectivity index (χ0v) is 11.8. The van der Waals surface area contributed by atoms with Gasteiger partial charge in [-0.1, -0.05) is 15.9 Å². The van der Waals surface area contributed by atoms with E-state index in [1.54, 1.807) is 18.0 Å². The van der Waals surface area contributed by atoms with Crippen molar-refractivity contribution in [3.05, 3.63) is 34.1 Å². The van der Waals surface area contributed by atoms with Gasteiger partial charge in [0.2, 0.25) is 0 Å². The van der Waals surface area contributed by atoms with Crippen molar-refractivity contribution in [3.63, 3.8) is 0 Å². The lowest BCUT2D eigenvalue weighted by molar-refractivity contribution is 0.0698. The average Bonchev–Trinajstić information content (AvgIpc) is 2.41. The Kier molecular flexibility index (Phi) is 4.35. The summed E-state index contributed by atoms with van der Waals surface area (Å²) in [7, 11) is 1.75. The van der Waals surface area contributed by atoms with Gasteiger partial charge < -0.3 is 10.2 Å². The molecule has 0 spiro atoms. The molecule has 1 saturated heterocycles. The highest BCUT2D eigenvalue weighted by Crippen LogP contribution is 2.19. The molecule has 5 heteroatoms. The molecule has 0 atom stereocenters. The summed E-state index contributed by atoms with van der Waals surface area (Å²) < 4.78 is 14.4. The van der Waals surface area contributed by atoms with Gasteiger partial charge in [0.15, 0.2) is 0 Å². The van der Waals surface area contributed by atoms with Crippen molar-refractivity contribution in [2.24, 2.45) is 0 Å². The molecule has 1 amide bonds. The Labute approximate surface area is 114 Å². The summed E-state index contributed by atoms with van der Waals surface area (Å²) in [5.74, 6) is -0.718. The van der Waals surface area contributed by atoms with Crippen molar-refractivity contribution in [2.45, 2.75) is 18.9 Å². The number of nitrogens with zero attached hydrogens (tertiary/aromatic N) is 1. The van der Waals surface area contributed by atoms with E-state index in [1.807, 2.05) is 0 Å². The molecule has 1 aliphatic rings. The highest BCUT2D eigenvalue weighted by molar-refractivity contribution is 9.10. The van der Waals surface area contributed by atoms with E-state index >= 15 is 0 Å². The third-order valence-electron chi connectivity index (χ3n) is 3.34. The molecule has 0 radical (unpaired) electrons. The van der Waals surface area contributed by atoms with E-state index in [9.17, 15) is 9.18 Å². The average molecular weight is 315 g/mol. The molecule has 3 nitrogen and oxygen atoms in total. The standard InChI is InChI=1S/C13H16BrFN2O/c1-17(10-4-6-16-7-5-10)13(18)11-8-9(14)2-3-12(11)15/h2-3,8,10,16H,4-7H2,1H3. The second-order valence-electron chi connectivity index (χ2n) is 4.52. The van der Waals surface area contributed by atoms with Crippen LogP contribution in [-0.2, 0) is 0 Å². The van der Waals surface area contributed by atoms with Crippen LogP contribution in [-0.4, -0.2) is 37.0 Å². The molecule has 0 saturated carbocycles. The van der Waals surface area contributed by atoms with E-state index in [0.717, 1.165) is 25.9 Å². The smallest absolute Gasteiger partial charge is 0.256 e. The molecule has 1 aliphatic heterocycles. The van der Waals surface area contributed by atoms with Gasteiger partial charge in [-0.2, -0.15) is 0 Å². The van der Waals surface area contributed by atoms with Crippen LogP contribution in [0.3, 0.4) is 0 Å². The van der Waals surface area contributed by atoms with Gasteiger partial charge in [-0.25, -0.2) is 4.39 Å². The van der Waals surface area contributed by atoms with Gasteiger partial charge >= 0.3 is 0 Å². The molecule has 1 aromatic rings. The molecule has 18 heavy (non-hydrogen) atoms. The first-order valence-electron chi connectivity index (χ1n) is 6.02. The first-order valence-corrected chi connectivity index (χ1v) is 6.82. The van der Waals surface area contributed by atoms with Gasteiger partial charge in [0.05, 0.1) is 5.56 Å². The molecule has 2 rings (SSSR count). The van der Waals surface area contributed by atoms with Crippen LogP contribution in [0.1, 0.15) is 23.2 Å². The van der Waals surface area contributed by atoms with Crippen molar-refractivity contribution >= 4 is 21.8 Å². The Hall–Kier alpha value is -0.940. The molecule has 98 valence electrons. The van der Waals surface area contributed by atoms with E-state index in [0.29, 0.717) is 4.47 Å². The van der Waals surface area contributed by atoms with E-state index in [-0.39, 0.29) is 17.5 Å². The number of benzene rings is 1. The molecule has 0 unspecified atom stereocenters. The molecule has 0 bridgehead atoms. The topological polar surface area (TPSA) is 32.3 Å². The minimum Gasteiger partial charge on any atom is -0.339 e. The molecule has 1 heterocycles. The Morgan fingerprint density at radius 2 is 2.11 bits per heavy atom. The number of carbonyl (C=O) groups excluding carboxylic acids is 1. The predicted octanol–water partition coefficient (Wildman–Crippen LogP) is 2.41. The summed E-state index contributed by atoms with van der Waals surface area (Å²) in [6.07, 6.45) is 1.83. The van der Waals surface area contributed by atoms with E-state index in [2.05, 4.69) is 21.2 Å². The van der Waals surface area contributed by atoms with Gasteiger partial charge in [-0.3, -0.25) is 4.79 Å². The second kappa shape index (κ2) is 5.80. The zero-order chi connectivity index (χ0) is 13.1. The number of nitrogens with one attached hydrogen (secondary N) is 1. The molecule has 1 fully saturated rings. The first-order chi connectivity index (χ1) is 8.59. The number of rotatable bonds is 2. The lowest BCUT2D eigenvalue weighted by Gasteiger charge is -2.31. The van der Waals surface area contributed by atoms with Crippen molar-refractivity contribution in [1.82, 2.24) is 10.2 Å². The van der Waals surface area contributed by atoms with E-state index < -0.39 is 5.82 Å². The molecule has 0 aliphatic carbocycles. The minimum atomic E-state index is -0.469. The lowest BCUT2D eigenvalue weighted by atomic mass is 10.0. The summed E-state index contributed by atoms with van der Waals surface area (Å²) in [6.45, 7) is 1.81. The molecule has 1 N–H and O–H groups in total. The monoisotopic (exact) mass is 314 g/mol. The van der Waals surface area contributed by atoms with Crippen LogP contribution in [0.2, 0.25) is 0 Å². The van der Waals surface area contributed by atoms with Crippen LogP contribution < -0.4 is 5.32 Å². The quantitative estimate of drug-likeness (QED) is 0.909. The van der Waals surface area contributed by atoms with Gasteiger partial charge in [0, 0.05) is 17.6 Å². The number of piperidine rings is 1. The largest absolute Gasteiger partial charge is 0.339 e. The number of amides is 1. The summed E-state index contributed by atoms with van der Waals surface area (Å²) in [6, 6.07) is 4.64. The van der Waals surface area contributed by atoms with E-state index in [4.69, 9.17) is 0 Å². The molecular formula is C13H16BrFN2O.